The molecular formula is C15H16N2O2S. The highest BCUT2D eigenvalue weighted by Crippen LogP contribution is 2.37. The number of thiazole rings is 1. The van der Waals surface area contributed by atoms with Gasteiger partial charge in [0.1, 0.15) is 15.8 Å². The fourth-order valence-corrected chi connectivity index (χ4v) is 3.60. The summed E-state index contributed by atoms with van der Waals surface area (Å²) in [5, 5.41) is 11.2. The van der Waals surface area contributed by atoms with Crippen molar-refractivity contribution in [1.29, 1.82) is 0 Å². The molecule has 1 aliphatic rings. The lowest BCUT2D eigenvalue weighted by Gasteiger charge is -2.17. The Kier molecular flexibility index (Phi) is 3.44. The second kappa shape index (κ2) is 5.25. The summed E-state index contributed by atoms with van der Waals surface area (Å²) in [4.78, 5) is 18.3. The first-order chi connectivity index (χ1) is 9.65. The lowest BCUT2D eigenvalue weighted by molar-refractivity contribution is -0.116. The summed E-state index contributed by atoms with van der Waals surface area (Å²) in [7, 11) is 0. The number of phenols is 1. The van der Waals surface area contributed by atoms with Crippen LogP contribution in [-0.4, -0.2) is 22.5 Å². The third-order valence-electron chi connectivity index (χ3n) is 3.46. The number of aromatic nitrogens is 1. The Hall–Kier alpha value is -1.88. The minimum Gasteiger partial charge on any atom is -0.508 e. The van der Waals surface area contributed by atoms with E-state index < -0.39 is 0 Å². The smallest absolute Gasteiger partial charge is 0.224 e. The van der Waals surface area contributed by atoms with E-state index in [1.165, 1.54) is 0 Å². The molecule has 0 unspecified atom stereocenters. The van der Waals surface area contributed by atoms with Gasteiger partial charge in [-0.3, -0.25) is 4.79 Å². The molecule has 0 bridgehead atoms. The summed E-state index contributed by atoms with van der Waals surface area (Å²) in [5.74, 6) is 0.325. The molecule has 2 heterocycles. The molecule has 0 saturated carbocycles. The maximum Gasteiger partial charge on any atom is 0.224 e. The van der Waals surface area contributed by atoms with Crippen molar-refractivity contribution < 1.29 is 9.90 Å². The number of carbonyl (C=O) groups excluding carboxylic acids is 1. The van der Waals surface area contributed by atoms with Crippen LogP contribution in [0, 0.1) is 0 Å². The minimum atomic E-state index is 0.0778. The monoisotopic (exact) mass is 288 g/mol. The maximum atomic E-state index is 11.8. The molecule has 4 nitrogen and oxygen atoms in total. The van der Waals surface area contributed by atoms with Crippen LogP contribution in [0.1, 0.15) is 25.5 Å². The van der Waals surface area contributed by atoms with E-state index in [2.05, 4.69) is 4.98 Å². The van der Waals surface area contributed by atoms with Gasteiger partial charge in [-0.1, -0.05) is 11.3 Å². The predicted molar refractivity (Wildman–Crippen MR) is 80.2 cm³/mol. The number of anilines is 1. The Bertz CT molecular complexity index is 634. The normalized spacial score (nSPS) is 14.8. The van der Waals surface area contributed by atoms with Crippen LogP contribution in [0.5, 0.6) is 5.75 Å². The molecule has 1 aromatic carbocycles. The summed E-state index contributed by atoms with van der Waals surface area (Å²) in [6.45, 7) is 2.38. The van der Waals surface area contributed by atoms with Gasteiger partial charge in [0.2, 0.25) is 5.91 Å². The van der Waals surface area contributed by atoms with Crippen LogP contribution >= 0.6 is 11.3 Å². The molecule has 104 valence electrons. The molecule has 1 aromatic heterocycles. The van der Waals surface area contributed by atoms with Crippen LogP contribution in [0.4, 0.5) is 5.00 Å². The zero-order chi connectivity index (χ0) is 14.1. The van der Waals surface area contributed by atoms with E-state index >= 15 is 0 Å². The van der Waals surface area contributed by atoms with E-state index in [0.29, 0.717) is 0 Å². The SMILES string of the molecule is CC(=O)N1CCCCc2nc(-c3ccc(O)cc3)sc21. The maximum absolute atomic E-state index is 11.8. The van der Waals surface area contributed by atoms with Crippen molar-refractivity contribution in [2.75, 3.05) is 11.4 Å². The summed E-state index contributed by atoms with van der Waals surface area (Å²) >= 11 is 1.56. The van der Waals surface area contributed by atoms with Crippen molar-refractivity contribution in [1.82, 2.24) is 4.98 Å². The average Bonchev–Trinajstić information content (AvgIpc) is 2.73. The van der Waals surface area contributed by atoms with Gasteiger partial charge in [0.25, 0.3) is 0 Å². The molecule has 0 atom stereocenters. The van der Waals surface area contributed by atoms with Gasteiger partial charge >= 0.3 is 0 Å². The molecule has 3 rings (SSSR count). The average molecular weight is 288 g/mol. The number of benzene rings is 1. The number of phenolic OH excluding ortho intramolecular Hbond substituents is 1. The highest BCUT2D eigenvalue weighted by atomic mass is 32.1. The topological polar surface area (TPSA) is 53.4 Å². The summed E-state index contributed by atoms with van der Waals surface area (Å²) in [5.41, 5.74) is 2.00. The van der Waals surface area contributed by atoms with E-state index in [4.69, 9.17) is 0 Å². The zero-order valence-corrected chi connectivity index (χ0v) is 12.1. The highest BCUT2D eigenvalue weighted by molar-refractivity contribution is 7.19. The van der Waals surface area contributed by atoms with E-state index in [1.807, 2.05) is 17.0 Å². The number of amides is 1. The van der Waals surface area contributed by atoms with Gasteiger partial charge in [0, 0.05) is 19.0 Å². The van der Waals surface area contributed by atoms with Gasteiger partial charge in [-0.15, -0.1) is 0 Å². The molecule has 0 radical (unpaired) electrons. The van der Waals surface area contributed by atoms with Gasteiger partial charge in [-0.25, -0.2) is 4.98 Å². The van der Waals surface area contributed by atoms with Gasteiger partial charge in [0.05, 0.1) is 5.69 Å². The standard InChI is InChI=1S/C15H16N2O2S/c1-10(18)17-9-3-2-4-13-15(17)20-14(16-13)11-5-7-12(19)8-6-11/h5-8,19H,2-4,9H2,1H3. The third-order valence-corrected chi connectivity index (χ3v) is 4.63. The second-order valence-electron chi connectivity index (χ2n) is 4.95. The van der Waals surface area contributed by atoms with Crippen LogP contribution in [0.3, 0.4) is 0 Å². The van der Waals surface area contributed by atoms with Crippen LogP contribution in [0.25, 0.3) is 10.6 Å². The van der Waals surface area contributed by atoms with Gasteiger partial charge < -0.3 is 10.0 Å². The molecule has 1 N–H and O–H groups in total. The number of nitrogens with zero attached hydrogens (tertiary/aromatic N) is 2. The number of carbonyl (C=O) groups is 1. The molecule has 2 aromatic rings. The lowest BCUT2D eigenvalue weighted by Crippen LogP contribution is -2.28. The molecule has 20 heavy (non-hydrogen) atoms. The number of aryl methyl sites for hydroxylation is 1. The Morgan fingerprint density at radius 2 is 2.05 bits per heavy atom. The number of rotatable bonds is 1. The molecule has 1 aliphatic heterocycles. The Morgan fingerprint density at radius 3 is 2.75 bits per heavy atom. The molecule has 0 saturated heterocycles. The summed E-state index contributed by atoms with van der Waals surface area (Å²) < 4.78 is 0. The molecular weight excluding hydrogens is 272 g/mol. The first-order valence-corrected chi connectivity index (χ1v) is 7.54. The van der Waals surface area contributed by atoms with E-state index in [1.54, 1.807) is 30.4 Å². The first-order valence-electron chi connectivity index (χ1n) is 6.72. The van der Waals surface area contributed by atoms with E-state index in [-0.39, 0.29) is 11.7 Å². The fourth-order valence-electron chi connectivity index (χ4n) is 2.41. The number of hydrogen-bond donors (Lipinski definition) is 1. The van der Waals surface area contributed by atoms with Crippen molar-refractivity contribution in [2.24, 2.45) is 0 Å². The Balaban J connectivity index is 2.02. The summed E-state index contributed by atoms with van der Waals surface area (Å²) in [6.07, 6.45) is 3.01. The predicted octanol–water partition coefficient (Wildman–Crippen LogP) is 3.20. The van der Waals surface area contributed by atoms with Crippen molar-refractivity contribution in [3.63, 3.8) is 0 Å². The van der Waals surface area contributed by atoms with Crippen molar-refractivity contribution in [3.05, 3.63) is 30.0 Å². The quantitative estimate of drug-likeness (QED) is 0.876. The number of aromatic hydroxyl groups is 1. The largest absolute Gasteiger partial charge is 0.508 e. The van der Waals surface area contributed by atoms with Crippen LogP contribution in [-0.2, 0) is 11.2 Å². The van der Waals surface area contributed by atoms with Crippen molar-refractivity contribution in [2.45, 2.75) is 26.2 Å². The van der Waals surface area contributed by atoms with Crippen LogP contribution in [0.2, 0.25) is 0 Å². The zero-order valence-electron chi connectivity index (χ0n) is 11.3. The van der Waals surface area contributed by atoms with E-state index in [0.717, 1.165) is 47.1 Å². The van der Waals surface area contributed by atoms with E-state index in [9.17, 15) is 9.90 Å². The van der Waals surface area contributed by atoms with Gasteiger partial charge in [-0.2, -0.15) is 0 Å². The first kappa shape index (κ1) is 13.1. The minimum absolute atomic E-state index is 0.0778. The van der Waals surface area contributed by atoms with Gasteiger partial charge in [-0.05, 0) is 43.5 Å². The number of fused-ring (bicyclic) bond motifs is 1. The second-order valence-corrected chi connectivity index (χ2v) is 5.92. The lowest BCUT2D eigenvalue weighted by atomic mass is 10.2. The van der Waals surface area contributed by atoms with Crippen LogP contribution in [0.15, 0.2) is 24.3 Å². The Labute approximate surface area is 121 Å². The molecule has 0 spiro atoms. The molecule has 0 aliphatic carbocycles. The van der Waals surface area contributed by atoms with Crippen molar-refractivity contribution in [3.8, 4) is 16.3 Å². The number of hydrogen-bond acceptors (Lipinski definition) is 4. The van der Waals surface area contributed by atoms with Crippen molar-refractivity contribution >= 4 is 22.2 Å². The third kappa shape index (κ3) is 2.41. The summed E-state index contributed by atoms with van der Waals surface area (Å²) in [6, 6.07) is 7.02. The molecule has 5 heteroatoms. The highest BCUT2D eigenvalue weighted by Gasteiger charge is 2.23. The molecule has 1 amide bonds. The van der Waals surface area contributed by atoms with Crippen LogP contribution < -0.4 is 4.90 Å². The fraction of sp³-hybridized carbons (Fsp3) is 0.333. The van der Waals surface area contributed by atoms with Gasteiger partial charge in [0.15, 0.2) is 0 Å². The molecule has 0 fully saturated rings. The Morgan fingerprint density at radius 1 is 1.30 bits per heavy atom.